The fraction of sp³-hybridized carbons (Fsp3) is 0.750. The highest BCUT2D eigenvalue weighted by Gasteiger charge is 2.58. The number of nitrogens with one attached hydrogen (secondary N) is 1. The number of anilines is 1. The van der Waals surface area contributed by atoms with Crippen molar-refractivity contribution in [2.24, 2.45) is 17.5 Å². The second-order valence-corrected chi connectivity index (χ2v) is 8.50. The molecule has 1 aliphatic heterocycles. The second-order valence-electron chi connectivity index (χ2n) is 8.50. The number of guanidine groups is 1. The van der Waals surface area contributed by atoms with Gasteiger partial charge in [0, 0.05) is 70.7 Å². The summed E-state index contributed by atoms with van der Waals surface area (Å²) in [6, 6.07) is 0.323. The van der Waals surface area contributed by atoms with E-state index in [0.29, 0.717) is 11.9 Å². The SMILES string of the molecule is CCN=C(NC1CC(C)(OC)C1(C)C)N1CCN(c2nccn(C)c2=O)CC1.I. The van der Waals surface area contributed by atoms with E-state index in [1.165, 1.54) is 0 Å². The molecule has 0 radical (unpaired) electrons. The minimum atomic E-state index is -0.111. The molecule has 0 bridgehead atoms. The summed E-state index contributed by atoms with van der Waals surface area (Å²) in [5.74, 6) is 1.48. The Kier molecular flexibility index (Phi) is 7.58. The predicted octanol–water partition coefficient (Wildman–Crippen LogP) is 1.69. The molecule has 29 heavy (non-hydrogen) atoms. The molecule has 0 amide bonds. The Labute approximate surface area is 190 Å². The Morgan fingerprint density at radius 3 is 2.52 bits per heavy atom. The third kappa shape index (κ3) is 4.40. The largest absolute Gasteiger partial charge is 0.378 e. The number of aromatic nitrogens is 2. The number of rotatable bonds is 4. The molecule has 9 heteroatoms. The lowest BCUT2D eigenvalue weighted by molar-refractivity contribution is -0.177. The zero-order valence-electron chi connectivity index (χ0n) is 18.4. The molecule has 1 saturated heterocycles. The maximum atomic E-state index is 12.3. The van der Waals surface area contributed by atoms with Crippen LogP contribution in [-0.4, -0.2) is 71.9 Å². The highest BCUT2D eigenvalue weighted by Crippen LogP contribution is 2.51. The van der Waals surface area contributed by atoms with Gasteiger partial charge in [-0.05, 0) is 20.3 Å². The highest BCUT2D eigenvalue weighted by molar-refractivity contribution is 14.0. The Bertz CT molecular complexity index is 787. The maximum absolute atomic E-state index is 12.3. The number of aryl methyl sites for hydroxylation is 1. The Hall–Kier alpha value is -1.36. The zero-order valence-corrected chi connectivity index (χ0v) is 20.8. The van der Waals surface area contributed by atoms with Crippen LogP contribution in [0.3, 0.4) is 0 Å². The number of ether oxygens (including phenoxy) is 1. The summed E-state index contributed by atoms with van der Waals surface area (Å²) in [5, 5.41) is 3.67. The van der Waals surface area contributed by atoms with Gasteiger partial charge in [0.1, 0.15) is 0 Å². The van der Waals surface area contributed by atoms with Gasteiger partial charge >= 0.3 is 0 Å². The molecule has 3 rings (SSSR count). The topological polar surface area (TPSA) is 75.0 Å². The molecule has 2 unspecified atom stereocenters. The summed E-state index contributed by atoms with van der Waals surface area (Å²) in [4.78, 5) is 25.7. The molecule has 1 saturated carbocycles. The van der Waals surface area contributed by atoms with Gasteiger partial charge in [0.15, 0.2) is 11.8 Å². The lowest BCUT2D eigenvalue weighted by atomic mass is 9.56. The first-order valence-electron chi connectivity index (χ1n) is 10.1. The van der Waals surface area contributed by atoms with E-state index < -0.39 is 0 Å². The van der Waals surface area contributed by atoms with Crippen molar-refractivity contribution < 1.29 is 4.74 Å². The molecule has 2 heterocycles. The quantitative estimate of drug-likeness (QED) is 0.372. The molecule has 1 aromatic heterocycles. The maximum Gasteiger partial charge on any atom is 0.293 e. The second kappa shape index (κ2) is 9.20. The molecule has 2 fully saturated rings. The van der Waals surface area contributed by atoms with E-state index in [2.05, 4.69) is 47.8 Å². The van der Waals surface area contributed by atoms with Crippen molar-refractivity contribution in [3.8, 4) is 0 Å². The monoisotopic (exact) mass is 518 g/mol. The van der Waals surface area contributed by atoms with Gasteiger partial charge in [0.2, 0.25) is 0 Å². The molecular weight excluding hydrogens is 483 g/mol. The highest BCUT2D eigenvalue weighted by atomic mass is 127. The fourth-order valence-electron chi connectivity index (χ4n) is 4.10. The molecule has 1 aromatic rings. The van der Waals surface area contributed by atoms with Crippen LogP contribution < -0.4 is 15.8 Å². The van der Waals surface area contributed by atoms with E-state index in [-0.39, 0.29) is 40.6 Å². The lowest BCUT2D eigenvalue weighted by Gasteiger charge is -2.59. The number of hydrogen-bond donors (Lipinski definition) is 1. The van der Waals surface area contributed by atoms with Gasteiger partial charge in [-0.1, -0.05) is 13.8 Å². The first-order valence-corrected chi connectivity index (χ1v) is 10.1. The van der Waals surface area contributed by atoms with Crippen LogP contribution in [0.25, 0.3) is 0 Å². The molecular formula is C20H35IN6O2. The normalized spacial score (nSPS) is 26.6. The first-order chi connectivity index (χ1) is 13.2. The number of aliphatic imine (C=N–C) groups is 1. The van der Waals surface area contributed by atoms with Crippen molar-refractivity contribution in [1.29, 1.82) is 0 Å². The van der Waals surface area contributed by atoms with Gasteiger partial charge in [0.05, 0.1) is 5.60 Å². The first kappa shape index (κ1) is 23.9. The van der Waals surface area contributed by atoms with E-state index in [4.69, 9.17) is 9.73 Å². The van der Waals surface area contributed by atoms with Crippen LogP contribution in [0.15, 0.2) is 22.2 Å². The van der Waals surface area contributed by atoms with Crippen molar-refractivity contribution in [2.45, 2.75) is 45.8 Å². The fourth-order valence-corrected chi connectivity index (χ4v) is 4.10. The van der Waals surface area contributed by atoms with Crippen LogP contribution in [0.1, 0.15) is 34.1 Å². The average Bonchev–Trinajstić information content (AvgIpc) is 2.69. The average molecular weight is 518 g/mol. The minimum absolute atomic E-state index is 0. The molecule has 2 aliphatic rings. The van der Waals surface area contributed by atoms with E-state index in [9.17, 15) is 4.79 Å². The van der Waals surface area contributed by atoms with Crippen LogP contribution in [0.5, 0.6) is 0 Å². The van der Waals surface area contributed by atoms with E-state index in [1.54, 1.807) is 31.1 Å². The van der Waals surface area contributed by atoms with Gasteiger partial charge in [-0.15, -0.1) is 24.0 Å². The Morgan fingerprint density at radius 2 is 1.97 bits per heavy atom. The predicted molar refractivity (Wildman–Crippen MR) is 127 cm³/mol. The van der Waals surface area contributed by atoms with Crippen molar-refractivity contribution >= 4 is 35.8 Å². The minimum Gasteiger partial charge on any atom is -0.378 e. The summed E-state index contributed by atoms with van der Waals surface area (Å²) >= 11 is 0. The van der Waals surface area contributed by atoms with E-state index in [1.807, 2.05) is 0 Å². The van der Waals surface area contributed by atoms with Crippen LogP contribution in [-0.2, 0) is 11.8 Å². The smallest absolute Gasteiger partial charge is 0.293 e. The molecule has 164 valence electrons. The summed E-state index contributed by atoms with van der Waals surface area (Å²) in [7, 11) is 3.55. The van der Waals surface area contributed by atoms with E-state index >= 15 is 0 Å². The molecule has 2 atom stereocenters. The van der Waals surface area contributed by atoms with Crippen LogP contribution in [0, 0.1) is 5.41 Å². The number of halogens is 1. The summed E-state index contributed by atoms with van der Waals surface area (Å²) in [5.41, 5.74) is -0.135. The molecule has 1 N–H and O–H groups in total. The number of nitrogens with zero attached hydrogens (tertiary/aromatic N) is 5. The number of hydrogen-bond acceptors (Lipinski definition) is 5. The van der Waals surface area contributed by atoms with Crippen LogP contribution >= 0.6 is 24.0 Å². The lowest BCUT2D eigenvalue weighted by Crippen LogP contribution is -2.70. The number of methoxy groups -OCH3 is 1. The molecule has 8 nitrogen and oxygen atoms in total. The van der Waals surface area contributed by atoms with Gasteiger partial charge < -0.3 is 24.4 Å². The van der Waals surface area contributed by atoms with Crippen molar-refractivity contribution in [3.05, 3.63) is 22.7 Å². The van der Waals surface area contributed by atoms with Gasteiger partial charge in [0.25, 0.3) is 5.56 Å². The van der Waals surface area contributed by atoms with Gasteiger partial charge in [-0.2, -0.15) is 0 Å². The summed E-state index contributed by atoms with van der Waals surface area (Å²) < 4.78 is 7.33. The zero-order chi connectivity index (χ0) is 20.5. The van der Waals surface area contributed by atoms with Crippen LogP contribution in [0.2, 0.25) is 0 Å². The van der Waals surface area contributed by atoms with Crippen molar-refractivity contribution in [1.82, 2.24) is 19.8 Å². The molecule has 1 aliphatic carbocycles. The van der Waals surface area contributed by atoms with Crippen molar-refractivity contribution in [3.63, 3.8) is 0 Å². The van der Waals surface area contributed by atoms with Crippen LogP contribution in [0.4, 0.5) is 5.82 Å². The van der Waals surface area contributed by atoms with Gasteiger partial charge in [-0.25, -0.2) is 4.98 Å². The standard InChI is InChI=1S/C20H34N6O2.HI/c1-7-21-18(23-15-14-20(4,28-6)19(15,2)3)26-12-10-25(11-13-26)16-17(27)24(5)9-8-22-16;/h8-9,15H,7,10-14H2,1-6H3,(H,21,23);1H. The van der Waals surface area contributed by atoms with E-state index in [0.717, 1.165) is 45.1 Å². The third-order valence-electron chi connectivity index (χ3n) is 6.77. The molecule has 0 spiro atoms. The summed E-state index contributed by atoms with van der Waals surface area (Å²) in [6.07, 6.45) is 4.33. The Morgan fingerprint density at radius 1 is 1.31 bits per heavy atom. The van der Waals surface area contributed by atoms with Crippen molar-refractivity contribution in [2.75, 3.05) is 44.7 Å². The van der Waals surface area contributed by atoms with Gasteiger partial charge in [-0.3, -0.25) is 9.79 Å². The third-order valence-corrected chi connectivity index (χ3v) is 6.77. The number of piperazine rings is 1. The Balaban J connectivity index is 0.00000300. The summed E-state index contributed by atoms with van der Waals surface area (Å²) in [6.45, 7) is 12.6. The molecule has 0 aromatic carbocycles.